The molecule has 0 aromatic heterocycles. The zero-order valence-electron chi connectivity index (χ0n) is 15.4. The maximum Gasteiger partial charge on any atom is 0.276 e. The summed E-state index contributed by atoms with van der Waals surface area (Å²) in [7, 11) is 1.59. The highest BCUT2D eigenvalue weighted by Crippen LogP contribution is 2.26. The number of amides is 2. The zero-order valence-corrected chi connectivity index (χ0v) is 18.6. The molecule has 2 rings (SSSR count). The van der Waals surface area contributed by atoms with Crippen LogP contribution in [0.2, 0.25) is 0 Å². The predicted octanol–water partition coefficient (Wildman–Crippen LogP) is 3.39. The van der Waals surface area contributed by atoms with E-state index >= 15 is 0 Å². The molecule has 0 radical (unpaired) electrons. The van der Waals surface area contributed by atoms with Crippen molar-refractivity contribution >= 4 is 43.7 Å². The standard InChI is InChI=1S/C19H20Br2N2O5/c1-12-9-14(4-5-15(12)20)28-11-18(24)22-23-19(25)13-3-6-17(16(21)10-13)27-8-7-26-2/h3-6,9-10H,7-8,11H2,1-2H3,(H,22,24)(H,23,25). The van der Waals surface area contributed by atoms with E-state index in [1.54, 1.807) is 31.4 Å². The monoisotopic (exact) mass is 514 g/mol. The Morgan fingerprint density at radius 3 is 2.43 bits per heavy atom. The second kappa shape index (κ2) is 11.0. The molecule has 0 aliphatic heterocycles. The van der Waals surface area contributed by atoms with Crippen LogP contribution in [-0.2, 0) is 9.53 Å². The van der Waals surface area contributed by atoms with E-state index in [9.17, 15) is 9.59 Å². The summed E-state index contributed by atoms with van der Waals surface area (Å²) in [5, 5.41) is 0. The van der Waals surface area contributed by atoms with Crippen molar-refractivity contribution in [3.8, 4) is 11.5 Å². The number of carbonyl (C=O) groups excluding carboxylic acids is 2. The summed E-state index contributed by atoms with van der Waals surface area (Å²) in [4.78, 5) is 24.0. The quantitative estimate of drug-likeness (QED) is 0.416. The van der Waals surface area contributed by atoms with Crippen LogP contribution in [0.1, 0.15) is 15.9 Å². The van der Waals surface area contributed by atoms with Crippen molar-refractivity contribution in [2.45, 2.75) is 6.92 Å². The average molecular weight is 516 g/mol. The molecule has 2 N–H and O–H groups in total. The van der Waals surface area contributed by atoms with E-state index in [1.807, 2.05) is 19.1 Å². The van der Waals surface area contributed by atoms with Gasteiger partial charge in [-0.3, -0.25) is 20.4 Å². The van der Waals surface area contributed by atoms with Gasteiger partial charge in [0, 0.05) is 17.1 Å². The molecule has 0 aliphatic carbocycles. The summed E-state index contributed by atoms with van der Waals surface area (Å²) in [6.45, 7) is 2.55. The molecule has 28 heavy (non-hydrogen) atoms. The first-order valence-corrected chi connectivity index (χ1v) is 9.88. The van der Waals surface area contributed by atoms with E-state index in [2.05, 4.69) is 42.7 Å². The second-order valence-electron chi connectivity index (χ2n) is 5.69. The molecule has 2 amide bonds. The lowest BCUT2D eigenvalue weighted by molar-refractivity contribution is -0.123. The van der Waals surface area contributed by atoms with Crippen LogP contribution in [0.5, 0.6) is 11.5 Å². The van der Waals surface area contributed by atoms with E-state index in [4.69, 9.17) is 14.2 Å². The summed E-state index contributed by atoms with van der Waals surface area (Å²) < 4.78 is 17.4. The van der Waals surface area contributed by atoms with Gasteiger partial charge in [0.25, 0.3) is 11.8 Å². The van der Waals surface area contributed by atoms with Crippen LogP contribution in [0.25, 0.3) is 0 Å². The van der Waals surface area contributed by atoms with Crippen molar-refractivity contribution in [1.82, 2.24) is 10.9 Å². The number of aryl methyl sites for hydroxylation is 1. The topological polar surface area (TPSA) is 85.9 Å². The molecular weight excluding hydrogens is 496 g/mol. The fourth-order valence-electron chi connectivity index (χ4n) is 2.08. The number of ether oxygens (including phenoxy) is 3. The van der Waals surface area contributed by atoms with Gasteiger partial charge in [-0.1, -0.05) is 15.9 Å². The first-order chi connectivity index (χ1) is 13.4. The van der Waals surface area contributed by atoms with Crippen molar-refractivity contribution in [2.75, 3.05) is 26.9 Å². The Bertz CT molecular complexity index is 845. The molecule has 0 bridgehead atoms. The van der Waals surface area contributed by atoms with Crippen LogP contribution >= 0.6 is 31.9 Å². The van der Waals surface area contributed by atoms with Crippen LogP contribution in [-0.4, -0.2) is 38.7 Å². The van der Waals surface area contributed by atoms with E-state index in [0.29, 0.717) is 34.7 Å². The van der Waals surface area contributed by atoms with Gasteiger partial charge in [-0.25, -0.2) is 0 Å². The van der Waals surface area contributed by atoms with Gasteiger partial charge in [0.05, 0.1) is 11.1 Å². The first-order valence-electron chi connectivity index (χ1n) is 8.30. The third-order valence-corrected chi connectivity index (χ3v) is 5.06. The summed E-state index contributed by atoms with van der Waals surface area (Å²) in [6.07, 6.45) is 0. The SMILES string of the molecule is COCCOc1ccc(C(=O)NNC(=O)COc2ccc(Br)c(C)c2)cc1Br. The predicted molar refractivity (Wildman–Crippen MR) is 111 cm³/mol. The van der Waals surface area contributed by atoms with Gasteiger partial charge in [-0.2, -0.15) is 0 Å². The van der Waals surface area contributed by atoms with E-state index in [-0.39, 0.29) is 6.61 Å². The second-order valence-corrected chi connectivity index (χ2v) is 7.40. The van der Waals surface area contributed by atoms with Gasteiger partial charge in [-0.05, 0) is 64.8 Å². The Kier molecular flexibility index (Phi) is 8.75. The summed E-state index contributed by atoms with van der Waals surface area (Å²) >= 11 is 6.75. The van der Waals surface area contributed by atoms with E-state index < -0.39 is 11.8 Å². The fourth-order valence-corrected chi connectivity index (χ4v) is 2.82. The Hall–Kier alpha value is -2.10. The van der Waals surface area contributed by atoms with E-state index in [0.717, 1.165) is 10.0 Å². The largest absolute Gasteiger partial charge is 0.490 e. The maximum atomic E-state index is 12.2. The number of hydrogen-bond acceptors (Lipinski definition) is 5. The third kappa shape index (κ3) is 6.81. The first kappa shape index (κ1) is 22.2. The van der Waals surface area contributed by atoms with Crippen molar-refractivity contribution < 1.29 is 23.8 Å². The Morgan fingerprint density at radius 1 is 0.964 bits per heavy atom. The lowest BCUT2D eigenvalue weighted by Gasteiger charge is -2.11. The number of nitrogens with one attached hydrogen (secondary N) is 2. The molecule has 0 spiro atoms. The molecular formula is C19H20Br2N2O5. The number of hydrogen-bond donors (Lipinski definition) is 2. The van der Waals surface area contributed by atoms with Gasteiger partial charge in [0.2, 0.25) is 0 Å². The third-order valence-electron chi connectivity index (χ3n) is 3.55. The average Bonchev–Trinajstić information content (AvgIpc) is 2.68. The molecule has 150 valence electrons. The van der Waals surface area contributed by atoms with Crippen LogP contribution in [0, 0.1) is 6.92 Å². The summed E-state index contributed by atoms with van der Waals surface area (Å²) in [6, 6.07) is 10.3. The van der Waals surface area contributed by atoms with Crippen molar-refractivity contribution in [3.05, 3.63) is 56.5 Å². The molecule has 0 heterocycles. The number of methoxy groups -OCH3 is 1. The lowest BCUT2D eigenvalue weighted by atomic mass is 10.2. The minimum Gasteiger partial charge on any atom is -0.490 e. The molecule has 2 aromatic rings. The summed E-state index contributed by atoms with van der Waals surface area (Å²) in [5.74, 6) is 0.218. The highest BCUT2D eigenvalue weighted by molar-refractivity contribution is 9.10. The molecule has 0 fully saturated rings. The minimum absolute atomic E-state index is 0.225. The van der Waals surface area contributed by atoms with Crippen LogP contribution in [0.4, 0.5) is 0 Å². The smallest absolute Gasteiger partial charge is 0.276 e. The van der Waals surface area contributed by atoms with Crippen molar-refractivity contribution in [3.63, 3.8) is 0 Å². The summed E-state index contributed by atoms with van der Waals surface area (Å²) in [5.41, 5.74) is 6.01. The minimum atomic E-state index is -0.479. The van der Waals surface area contributed by atoms with E-state index in [1.165, 1.54) is 0 Å². The number of halogens is 2. The van der Waals surface area contributed by atoms with Crippen molar-refractivity contribution in [1.29, 1.82) is 0 Å². The normalized spacial score (nSPS) is 10.3. The lowest BCUT2D eigenvalue weighted by Crippen LogP contribution is -2.43. The molecule has 9 heteroatoms. The Balaban J connectivity index is 1.81. The molecule has 0 aliphatic rings. The van der Waals surface area contributed by atoms with Gasteiger partial charge in [0.15, 0.2) is 6.61 Å². The number of carbonyl (C=O) groups is 2. The van der Waals surface area contributed by atoms with Crippen LogP contribution in [0.15, 0.2) is 45.3 Å². The molecule has 0 atom stereocenters. The molecule has 2 aromatic carbocycles. The highest BCUT2D eigenvalue weighted by Gasteiger charge is 2.11. The van der Waals surface area contributed by atoms with Gasteiger partial charge >= 0.3 is 0 Å². The molecule has 0 unspecified atom stereocenters. The molecule has 0 saturated heterocycles. The fraction of sp³-hybridized carbons (Fsp3) is 0.263. The van der Waals surface area contributed by atoms with Gasteiger partial charge in [-0.15, -0.1) is 0 Å². The highest BCUT2D eigenvalue weighted by atomic mass is 79.9. The molecule has 7 nitrogen and oxygen atoms in total. The van der Waals surface area contributed by atoms with Gasteiger partial charge < -0.3 is 14.2 Å². The maximum absolute atomic E-state index is 12.2. The number of rotatable bonds is 8. The Morgan fingerprint density at radius 2 is 1.75 bits per heavy atom. The Labute approximate surface area is 180 Å². The number of benzene rings is 2. The van der Waals surface area contributed by atoms with Crippen LogP contribution in [0.3, 0.4) is 0 Å². The number of hydrazine groups is 1. The van der Waals surface area contributed by atoms with Gasteiger partial charge in [0.1, 0.15) is 18.1 Å². The zero-order chi connectivity index (χ0) is 20.5. The van der Waals surface area contributed by atoms with Crippen LogP contribution < -0.4 is 20.3 Å². The molecule has 0 saturated carbocycles. The van der Waals surface area contributed by atoms with Crippen molar-refractivity contribution in [2.24, 2.45) is 0 Å².